The van der Waals surface area contributed by atoms with Crippen molar-refractivity contribution in [3.05, 3.63) is 65.5 Å². The van der Waals surface area contributed by atoms with Gasteiger partial charge in [-0.2, -0.15) is 0 Å². The van der Waals surface area contributed by atoms with Crippen LogP contribution in [0.4, 0.5) is 10.1 Å². The first kappa shape index (κ1) is 14.2. The number of carbonyl (C=O) groups is 1. The number of halogens is 1. The Balaban J connectivity index is 2.27. The Hall–Kier alpha value is -2.20. The van der Waals surface area contributed by atoms with Gasteiger partial charge in [0.25, 0.3) is 5.91 Å². The van der Waals surface area contributed by atoms with E-state index in [1.807, 2.05) is 12.1 Å². The summed E-state index contributed by atoms with van der Waals surface area (Å²) >= 11 is 0. The number of hydrogen-bond acceptors (Lipinski definition) is 2. The zero-order valence-corrected chi connectivity index (χ0v) is 11.3. The van der Waals surface area contributed by atoms with Crippen molar-refractivity contribution in [1.82, 2.24) is 0 Å². The van der Waals surface area contributed by atoms with Crippen LogP contribution in [0.5, 0.6) is 0 Å². The van der Waals surface area contributed by atoms with Crippen LogP contribution in [0.1, 0.15) is 15.9 Å². The largest absolute Gasteiger partial charge is 0.330 e. The van der Waals surface area contributed by atoms with Gasteiger partial charge >= 0.3 is 0 Å². The molecular weight excluding hydrogens is 255 g/mol. The van der Waals surface area contributed by atoms with E-state index in [9.17, 15) is 9.18 Å². The number of nitrogens with two attached hydrogens (primary N) is 1. The molecule has 2 aromatic rings. The highest BCUT2D eigenvalue weighted by Crippen LogP contribution is 2.19. The van der Waals surface area contributed by atoms with Crippen molar-refractivity contribution in [2.75, 3.05) is 18.5 Å². The molecule has 3 nitrogen and oxygen atoms in total. The van der Waals surface area contributed by atoms with Gasteiger partial charge < -0.3 is 10.6 Å². The summed E-state index contributed by atoms with van der Waals surface area (Å²) in [5.41, 5.74) is 7.31. The summed E-state index contributed by atoms with van der Waals surface area (Å²) in [5.74, 6) is -0.657. The lowest BCUT2D eigenvalue weighted by Crippen LogP contribution is -2.27. The maximum Gasteiger partial charge on any atom is 0.258 e. The van der Waals surface area contributed by atoms with Gasteiger partial charge in [-0.15, -0.1) is 0 Å². The predicted molar refractivity (Wildman–Crippen MR) is 78.3 cm³/mol. The third kappa shape index (κ3) is 3.03. The lowest BCUT2D eigenvalue weighted by atomic mass is 10.1. The zero-order chi connectivity index (χ0) is 14.5. The van der Waals surface area contributed by atoms with E-state index in [0.29, 0.717) is 18.5 Å². The van der Waals surface area contributed by atoms with Crippen molar-refractivity contribution in [2.45, 2.75) is 6.42 Å². The molecule has 0 atom stereocenters. The van der Waals surface area contributed by atoms with Crippen molar-refractivity contribution < 1.29 is 9.18 Å². The highest BCUT2D eigenvalue weighted by atomic mass is 19.1. The number of anilines is 1. The van der Waals surface area contributed by atoms with Crippen molar-refractivity contribution in [2.24, 2.45) is 5.73 Å². The average molecular weight is 272 g/mol. The quantitative estimate of drug-likeness (QED) is 0.930. The van der Waals surface area contributed by atoms with Crippen LogP contribution in [-0.2, 0) is 6.42 Å². The van der Waals surface area contributed by atoms with Gasteiger partial charge in [0.1, 0.15) is 5.82 Å². The summed E-state index contributed by atoms with van der Waals surface area (Å²) < 4.78 is 13.7. The summed E-state index contributed by atoms with van der Waals surface area (Å²) in [6.07, 6.45) is 0.713. The molecule has 0 fully saturated rings. The smallest absolute Gasteiger partial charge is 0.258 e. The molecule has 1 amide bonds. The third-order valence-corrected chi connectivity index (χ3v) is 3.13. The first-order valence-electron chi connectivity index (χ1n) is 6.45. The monoisotopic (exact) mass is 272 g/mol. The topological polar surface area (TPSA) is 46.3 Å². The Kier molecular flexibility index (Phi) is 4.48. The zero-order valence-electron chi connectivity index (χ0n) is 11.3. The first-order valence-corrected chi connectivity index (χ1v) is 6.45. The molecule has 0 saturated carbocycles. The Morgan fingerprint density at radius 3 is 2.65 bits per heavy atom. The number of rotatable bonds is 4. The van der Waals surface area contributed by atoms with E-state index in [1.54, 1.807) is 37.4 Å². The Morgan fingerprint density at radius 2 is 1.95 bits per heavy atom. The summed E-state index contributed by atoms with van der Waals surface area (Å²) in [6.45, 7) is 0.529. The molecule has 0 aliphatic heterocycles. The molecule has 0 aromatic heterocycles. The van der Waals surface area contributed by atoms with E-state index < -0.39 is 5.82 Å². The molecule has 0 spiro atoms. The van der Waals surface area contributed by atoms with E-state index in [2.05, 4.69) is 0 Å². The van der Waals surface area contributed by atoms with Crippen molar-refractivity contribution in [3.8, 4) is 0 Å². The van der Waals surface area contributed by atoms with Crippen LogP contribution >= 0.6 is 0 Å². The van der Waals surface area contributed by atoms with Crippen LogP contribution < -0.4 is 10.6 Å². The van der Waals surface area contributed by atoms with Crippen LogP contribution in [0.3, 0.4) is 0 Å². The van der Waals surface area contributed by atoms with Gasteiger partial charge in [0.2, 0.25) is 0 Å². The van der Waals surface area contributed by atoms with Crippen LogP contribution in [0.25, 0.3) is 0 Å². The van der Waals surface area contributed by atoms with Gasteiger partial charge in [0.15, 0.2) is 0 Å². The molecule has 0 heterocycles. The normalized spacial score (nSPS) is 10.3. The van der Waals surface area contributed by atoms with Crippen LogP contribution in [-0.4, -0.2) is 19.5 Å². The lowest BCUT2D eigenvalue weighted by Gasteiger charge is -2.18. The molecule has 2 rings (SSSR count). The molecule has 20 heavy (non-hydrogen) atoms. The van der Waals surface area contributed by atoms with E-state index in [4.69, 9.17) is 5.73 Å². The summed E-state index contributed by atoms with van der Waals surface area (Å²) in [6, 6.07) is 13.5. The minimum absolute atomic E-state index is 0.242. The summed E-state index contributed by atoms with van der Waals surface area (Å²) in [4.78, 5) is 13.7. The fourth-order valence-electron chi connectivity index (χ4n) is 2.05. The number of para-hydroxylation sites is 1. The molecule has 0 aliphatic carbocycles. The number of amides is 1. The average Bonchev–Trinajstić information content (AvgIpc) is 2.47. The number of hydrogen-bond donors (Lipinski definition) is 1. The summed E-state index contributed by atoms with van der Waals surface area (Å²) in [7, 11) is 1.57. The Bertz CT molecular complexity index is 613. The molecule has 0 bridgehead atoms. The Labute approximate surface area is 117 Å². The highest BCUT2D eigenvalue weighted by Gasteiger charge is 2.16. The second kappa shape index (κ2) is 6.30. The van der Waals surface area contributed by atoms with E-state index in [1.165, 1.54) is 11.0 Å². The fourth-order valence-corrected chi connectivity index (χ4v) is 2.05. The third-order valence-electron chi connectivity index (χ3n) is 3.13. The number of carbonyl (C=O) groups excluding carboxylic acids is 1. The van der Waals surface area contributed by atoms with Crippen LogP contribution in [0.2, 0.25) is 0 Å². The minimum Gasteiger partial charge on any atom is -0.330 e. The first-order chi connectivity index (χ1) is 9.63. The molecule has 104 valence electrons. The maximum absolute atomic E-state index is 13.7. The molecule has 0 aliphatic rings. The van der Waals surface area contributed by atoms with Crippen LogP contribution in [0, 0.1) is 5.82 Å². The minimum atomic E-state index is -0.415. The standard InChI is InChI=1S/C16H17FN2O/c1-19(15-8-3-2-7-14(15)17)16(20)13-6-4-5-12(11-13)9-10-18/h2-8,11H,9-10,18H2,1H3. The summed E-state index contributed by atoms with van der Waals surface area (Å²) in [5, 5.41) is 0. The fraction of sp³-hybridized carbons (Fsp3) is 0.188. The number of nitrogens with zero attached hydrogens (tertiary/aromatic N) is 1. The van der Waals surface area contributed by atoms with Crippen molar-refractivity contribution in [1.29, 1.82) is 0 Å². The SMILES string of the molecule is CN(C(=O)c1cccc(CCN)c1)c1ccccc1F. The maximum atomic E-state index is 13.7. The molecule has 2 aromatic carbocycles. The lowest BCUT2D eigenvalue weighted by molar-refractivity contribution is 0.0992. The molecule has 0 radical (unpaired) electrons. The van der Waals surface area contributed by atoms with E-state index in [-0.39, 0.29) is 11.6 Å². The van der Waals surface area contributed by atoms with Gasteiger partial charge in [0, 0.05) is 12.6 Å². The van der Waals surface area contributed by atoms with Gasteiger partial charge in [-0.05, 0) is 42.8 Å². The van der Waals surface area contributed by atoms with Gasteiger partial charge in [0.05, 0.1) is 5.69 Å². The highest BCUT2D eigenvalue weighted by molar-refractivity contribution is 6.05. The second-order valence-electron chi connectivity index (χ2n) is 4.55. The van der Waals surface area contributed by atoms with E-state index >= 15 is 0 Å². The van der Waals surface area contributed by atoms with Crippen LogP contribution in [0.15, 0.2) is 48.5 Å². The van der Waals surface area contributed by atoms with Gasteiger partial charge in [-0.1, -0.05) is 24.3 Å². The molecular formula is C16H17FN2O. The predicted octanol–water partition coefficient (Wildman–Crippen LogP) is 2.60. The van der Waals surface area contributed by atoms with Crippen molar-refractivity contribution in [3.63, 3.8) is 0 Å². The second-order valence-corrected chi connectivity index (χ2v) is 4.55. The molecule has 0 unspecified atom stereocenters. The van der Waals surface area contributed by atoms with Gasteiger partial charge in [-0.3, -0.25) is 4.79 Å². The Morgan fingerprint density at radius 1 is 1.20 bits per heavy atom. The van der Waals surface area contributed by atoms with E-state index in [0.717, 1.165) is 5.56 Å². The molecule has 0 saturated heterocycles. The number of benzene rings is 2. The van der Waals surface area contributed by atoms with Gasteiger partial charge in [-0.25, -0.2) is 4.39 Å². The van der Waals surface area contributed by atoms with Crippen molar-refractivity contribution >= 4 is 11.6 Å². The molecule has 4 heteroatoms. The molecule has 2 N–H and O–H groups in total.